The van der Waals surface area contributed by atoms with E-state index in [2.05, 4.69) is 21.2 Å². The van der Waals surface area contributed by atoms with Crippen LogP contribution in [0.2, 0.25) is 0 Å². The van der Waals surface area contributed by atoms with Crippen molar-refractivity contribution in [3.8, 4) is 0 Å². The quantitative estimate of drug-likeness (QED) is 0.488. The topological polar surface area (TPSA) is 72.2 Å². The highest BCUT2D eigenvalue weighted by molar-refractivity contribution is 9.09. The van der Waals surface area contributed by atoms with E-state index in [1.807, 2.05) is 13.8 Å². The van der Waals surface area contributed by atoms with Crippen LogP contribution in [0.5, 0.6) is 0 Å². The Hall–Kier alpha value is -1.50. The van der Waals surface area contributed by atoms with E-state index in [4.69, 9.17) is 0 Å². The SMILES string of the molecule is CC(C)C(CCBr)NC(=O)c1cc(F)ccc1[N+](=O)[O-]. The zero-order valence-electron chi connectivity index (χ0n) is 11.2. The number of nitro groups is 1. The fourth-order valence-corrected chi connectivity index (χ4v) is 2.28. The molecule has 0 aliphatic carbocycles. The predicted molar refractivity (Wildman–Crippen MR) is 77.6 cm³/mol. The van der Waals surface area contributed by atoms with E-state index in [0.29, 0.717) is 11.8 Å². The summed E-state index contributed by atoms with van der Waals surface area (Å²) in [6, 6.07) is 2.72. The molecular formula is C13H16BrFN2O3. The molecule has 0 saturated heterocycles. The van der Waals surface area contributed by atoms with Crippen LogP contribution < -0.4 is 5.32 Å². The number of halogens is 2. The van der Waals surface area contributed by atoms with Crippen molar-refractivity contribution in [2.45, 2.75) is 26.3 Å². The number of hydrogen-bond acceptors (Lipinski definition) is 3. The van der Waals surface area contributed by atoms with Gasteiger partial charge in [0.05, 0.1) is 4.92 Å². The van der Waals surface area contributed by atoms with Gasteiger partial charge in [0, 0.05) is 17.4 Å². The Morgan fingerprint density at radius 2 is 2.15 bits per heavy atom. The first-order valence-electron chi connectivity index (χ1n) is 6.17. The van der Waals surface area contributed by atoms with Crippen molar-refractivity contribution in [3.63, 3.8) is 0 Å². The molecule has 0 bridgehead atoms. The third-order valence-corrected chi connectivity index (χ3v) is 3.40. The number of carbonyl (C=O) groups is 1. The summed E-state index contributed by atoms with van der Waals surface area (Å²) in [6.07, 6.45) is 0.687. The molecule has 0 radical (unpaired) electrons. The number of hydrogen-bond donors (Lipinski definition) is 1. The Labute approximate surface area is 124 Å². The summed E-state index contributed by atoms with van der Waals surface area (Å²) in [5, 5.41) is 14.3. The van der Waals surface area contributed by atoms with Crippen LogP contribution in [0.3, 0.4) is 0 Å². The second-order valence-corrected chi connectivity index (χ2v) is 5.51. The standard InChI is InChI=1S/C13H16BrFN2O3/c1-8(2)11(5-6-14)16-13(18)10-7-9(15)3-4-12(10)17(19)20/h3-4,7-8,11H,5-6H2,1-2H3,(H,16,18). The van der Waals surface area contributed by atoms with E-state index in [9.17, 15) is 19.3 Å². The maximum absolute atomic E-state index is 13.2. The molecule has 1 N–H and O–H groups in total. The molecule has 1 atom stereocenters. The zero-order valence-corrected chi connectivity index (χ0v) is 12.8. The van der Waals surface area contributed by atoms with Gasteiger partial charge in [-0.2, -0.15) is 0 Å². The first-order chi connectivity index (χ1) is 9.36. The number of nitrogens with zero attached hydrogens (tertiary/aromatic N) is 1. The van der Waals surface area contributed by atoms with Gasteiger partial charge in [-0.3, -0.25) is 14.9 Å². The van der Waals surface area contributed by atoms with Crippen molar-refractivity contribution in [2.24, 2.45) is 5.92 Å². The number of nitrogens with one attached hydrogen (secondary N) is 1. The molecule has 0 saturated carbocycles. The van der Waals surface area contributed by atoms with Gasteiger partial charge in [0.25, 0.3) is 11.6 Å². The molecule has 0 heterocycles. The number of rotatable bonds is 6. The molecule has 5 nitrogen and oxygen atoms in total. The molecule has 0 aromatic heterocycles. The van der Waals surface area contributed by atoms with Crippen molar-refractivity contribution < 1.29 is 14.1 Å². The van der Waals surface area contributed by atoms with E-state index in [0.717, 1.165) is 18.2 Å². The Morgan fingerprint density at radius 1 is 1.50 bits per heavy atom. The van der Waals surface area contributed by atoms with Gasteiger partial charge in [0.2, 0.25) is 0 Å². The van der Waals surface area contributed by atoms with E-state index in [1.54, 1.807) is 0 Å². The van der Waals surface area contributed by atoms with Crippen molar-refractivity contribution in [1.82, 2.24) is 5.32 Å². The molecule has 7 heteroatoms. The van der Waals surface area contributed by atoms with Crippen LogP contribution >= 0.6 is 15.9 Å². The van der Waals surface area contributed by atoms with Gasteiger partial charge in [0.1, 0.15) is 11.4 Å². The predicted octanol–water partition coefficient (Wildman–Crippen LogP) is 3.27. The summed E-state index contributed by atoms with van der Waals surface area (Å²) in [5.41, 5.74) is -0.652. The summed E-state index contributed by atoms with van der Waals surface area (Å²) in [4.78, 5) is 22.3. The van der Waals surface area contributed by atoms with Crippen molar-refractivity contribution in [2.75, 3.05) is 5.33 Å². The molecule has 1 aromatic carbocycles. The molecule has 1 amide bonds. The molecule has 1 unspecified atom stereocenters. The van der Waals surface area contributed by atoms with Crippen molar-refractivity contribution in [1.29, 1.82) is 0 Å². The van der Waals surface area contributed by atoms with Crippen LogP contribution in [-0.4, -0.2) is 22.2 Å². The van der Waals surface area contributed by atoms with Gasteiger partial charge in [-0.15, -0.1) is 0 Å². The largest absolute Gasteiger partial charge is 0.349 e. The summed E-state index contributed by atoms with van der Waals surface area (Å²) in [7, 11) is 0. The number of amides is 1. The van der Waals surface area contributed by atoms with Crippen LogP contribution in [0.1, 0.15) is 30.6 Å². The van der Waals surface area contributed by atoms with Crippen molar-refractivity contribution in [3.05, 3.63) is 39.7 Å². The van der Waals surface area contributed by atoms with Gasteiger partial charge in [-0.05, 0) is 24.5 Å². The summed E-state index contributed by atoms with van der Waals surface area (Å²) >= 11 is 3.29. The van der Waals surface area contributed by atoms with Gasteiger partial charge in [-0.1, -0.05) is 29.8 Å². The van der Waals surface area contributed by atoms with Crippen LogP contribution in [0.15, 0.2) is 18.2 Å². The Balaban J connectivity index is 3.02. The molecule has 0 fully saturated rings. The smallest absolute Gasteiger partial charge is 0.282 e. The maximum Gasteiger partial charge on any atom is 0.282 e. The lowest BCUT2D eigenvalue weighted by Crippen LogP contribution is -2.39. The first kappa shape index (κ1) is 16.6. The summed E-state index contributed by atoms with van der Waals surface area (Å²) in [5.74, 6) is -1.14. The minimum Gasteiger partial charge on any atom is -0.349 e. The average molecular weight is 347 g/mol. The van der Waals surface area contributed by atoms with Crippen LogP contribution in [-0.2, 0) is 0 Å². The van der Waals surface area contributed by atoms with E-state index >= 15 is 0 Å². The Morgan fingerprint density at radius 3 is 2.65 bits per heavy atom. The average Bonchev–Trinajstić information content (AvgIpc) is 2.37. The first-order valence-corrected chi connectivity index (χ1v) is 7.29. The van der Waals surface area contributed by atoms with Gasteiger partial charge >= 0.3 is 0 Å². The Kier molecular flexibility index (Phi) is 6.06. The lowest BCUT2D eigenvalue weighted by Gasteiger charge is -2.21. The lowest BCUT2D eigenvalue weighted by atomic mass is 10.0. The minimum absolute atomic E-state index is 0.134. The molecule has 20 heavy (non-hydrogen) atoms. The highest BCUT2D eigenvalue weighted by Gasteiger charge is 2.24. The highest BCUT2D eigenvalue weighted by Crippen LogP contribution is 2.20. The monoisotopic (exact) mass is 346 g/mol. The highest BCUT2D eigenvalue weighted by atomic mass is 79.9. The maximum atomic E-state index is 13.2. The number of carbonyl (C=O) groups excluding carboxylic acids is 1. The molecular weight excluding hydrogens is 331 g/mol. The third-order valence-electron chi connectivity index (χ3n) is 2.94. The molecule has 0 aliphatic rings. The zero-order chi connectivity index (χ0) is 15.3. The fourth-order valence-electron chi connectivity index (χ4n) is 1.79. The molecule has 1 aromatic rings. The fraction of sp³-hybridized carbons (Fsp3) is 0.462. The molecule has 1 rings (SSSR count). The molecule has 0 aliphatic heterocycles. The molecule has 110 valence electrons. The number of alkyl halides is 1. The van der Waals surface area contributed by atoms with E-state index in [1.165, 1.54) is 0 Å². The summed E-state index contributed by atoms with van der Waals surface area (Å²) < 4.78 is 13.2. The van der Waals surface area contributed by atoms with E-state index in [-0.39, 0.29) is 17.5 Å². The minimum atomic E-state index is -0.691. The summed E-state index contributed by atoms with van der Waals surface area (Å²) in [6.45, 7) is 3.88. The van der Waals surface area contributed by atoms with Crippen LogP contribution in [0.4, 0.5) is 10.1 Å². The number of nitro benzene ring substituents is 1. The molecule has 0 spiro atoms. The van der Waals surface area contributed by atoms with E-state index < -0.39 is 22.3 Å². The lowest BCUT2D eigenvalue weighted by molar-refractivity contribution is -0.385. The van der Waals surface area contributed by atoms with Gasteiger partial charge in [-0.25, -0.2) is 4.39 Å². The van der Waals surface area contributed by atoms with Crippen LogP contribution in [0, 0.1) is 21.8 Å². The van der Waals surface area contributed by atoms with Gasteiger partial charge < -0.3 is 5.32 Å². The van der Waals surface area contributed by atoms with Gasteiger partial charge in [0.15, 0.2) is 0 Å². The second kappa shape index (κ2) is 7.33. The second-order valence-electron chi connectivity index (χ2n) is 4.72. The normalized spacial score (nSPS) is 12.2. The Bertz CT molecular complexity index is 508. The van der Waals surface area contributed by atoms with Crippen LogP contribution in [0.25, 0.3) is 0 Å². The van der Waals surface area contributed by atoms with Crippen molar-refractivity contribution >= 4 is 27.5 Å². The third kappa shape index (κ3) is 4.26. The number of benzene rings is 1.